The van der Waals surface area contributed by atoms with E-state index in [9.17, 15) is 0 Å². The van der Waals surface area contributed by atoms with Crippen LogP contribution < -0.4 is 10.1 Å². The van der Waals surface area contributed by atoms with Crippen molar-refractivity contribution in [2.45, 2.75) is 25.8 Å². The average Bonchev–Trinajstić information content (AvgIpc) is 2.68. The average molecular weight is 296 g/mol. The van der Waals surface area contributed by atoms with Gasteiger partial charge in [0.2, 0.25) is 5.13 Å². The number of benzene rings is 1. The molecule has 0 radical (unpaired) electrons. The second-order valence-electron chi connectivity index (χ2n) is 4.52. The predicted molar refractivity (Wildman–Crippen MR) is 77.2 cm³/mol. The first-order chi connectivity index (χ1) is 9.22. The number of fused-ring (bicyclic) bond motifs is 1. The van der Waals surface area contributed by atoms with Crippen LogP contribution in [0, 0.1) is 6.92 Å². The zero-order chi connectivity index (χ0) is 13.2. The van der Waals surface area contributed by atoms with Gasteiger partial charge >= 0.3 is 0 Å². The standard InChI is InChI=1S/C13H14ClN3OS/c1-8-15-13(19-17-8)16-11-3-2-6-18-12-7-9(14)4-5-10(11)12/h4-5,7,11H,2-3,6H2,1H3,(H,15,16,17). The Bertz CT molecular complexity index is 587. The summed E-state index contributed by atoms with van der Waals surface area (Å²) >= 11 is 7.41. The third-order valence-electron chi connectivity index (χ3n) is 3.07. The molecule has 1 aromatic carbocycles. The third-order valence-corrected chi connectivity index (χ3v) is 4.04. The van der Waals surface area contributed by atoms with Crippen LogP contribution in [0.4, 0.5) is 5.13 Å². The minimum Gasteiger partial charge on any atom is -0.493 e. The Kier molecular flexibility index (Phi) is 3.57. The van der Waals surface area contributed by atoms with E-state index < -0.39 is 0 Å². The molecule has 0 fully saturated rings. The van der Waals surface area contributed by atoms with Crippen LogP contribution in [0.15, 0.2) is 18.2 Å². The Morgan fingerprint density at radius 1 is 1.47 bits per heavy atom. The molecule has 0 spiro atoms. The molecule has 0 saturated heterocycles. The van der Waals surface area contributed by atoms with Crippen molar-refractivity contribution in [2.75, 3.05) is 11.9 Å². The lowest BCUT2D eigenvalue weighted by Gasteiger charge is -2.17. The first kappa shape index (κ1) is 12.7. The van der Waals surface area contributed by atoms with Gasteiger partial charge in [-0.1, -0.05) is 17.7 Å². The van der Waals surface area contributed by atoms with Gasteiger partial charge in [-0.05, 0) is 31.9 Å². The molecular formula is C13H14ClN3OS. The summed E-state index contributed by atoms with van der Waals surface area (Å²) in [6.07, 6.45) is 2.01. The summed E-state index contributed by atoms with van der Waals surface area (Å²) in [6.45, 7) is 2.62. The molecule has 1 unspecified atom stereocenters. The second kappa shape index (κ2) is 5.35. The molecule has 0 amide bonds. The summed E-state index contributed by atoms with van der Waals surface area (Å²) in [5.41, 5.74) is 1.13. The number of hydrogen-bond donors (Lipinski definition) is 1. The van der Waals surface area contributed by atoms with Gasteiger partial charge in [0.05, 0.1) is 12.6 Å². The van der Waals surface area contributed by atoms with Crippen molar-refractivity contribution in [3.05, 3.63) is 34.6 Å². The van der Waals surface area contributed by atoms with Gasteiger partial charge in [0, 0.05) is 22.1 Å². The van der Waals surface area contributed by atoms with E-state index in [1.54, 1.807) is 0 Å². The highest BCUT2D eigenvalue weighted by Gasteiger charge is 2.21. The maximum Gasteiger partial charge on any atom is 0.203 e. The summed E-state index contributed by atoms with van der Waals surface area (Å²) in [5.74, 6) is 1.66. The van der Waals surface area contributed by atoms with Gasteiger partial charge in [0.1, 0.15) is 11.6 Å². The number of nitrogens with one attached hydrogen (secondary N) is 1. The minimum absolute atomic E-state index is 0.196. The van der Waals surface area contributed by atoms with Crippen molar-refractivity contribution in [2.24, 2.45) is 0 Å². The molecule has 19 heavy (non-hydrogen) atoms. The molecule has 1 aromatic heterocycles. The van der Waals surface area contributed by atoms with Crippen molar-refractivity contribution in [1.82, 2.24) is 9.36 Å². The number of hydrogen-bond acceptors (Lipinski definition) is 5. The summed E-state index contributed by atoms with van der Waals surface area (Å²) < 4.78 is 9.94. The Hall–Kier alpha value is -1.33. The summed E-state index contributed by atoms with van der Waals surface area (Å²) in [5, 5.41) is 4.99. The van der Waals surface area contributed by atoms with E-state index in [0.717, 1.165) is 41.7 Å². The molecule has 1 aliphatic rings. The fourth-order valence-corrected chi connectivity index (χ4v) is 2.99. The largest absolute Gasteiger partial charge is 0.493 e. The van der Waals surface area contributed by atoms with E-state index in [2.05, 4.69) is 14.7 Å². The third kappa shape index (κ3) is 2.82. The summed E-state index contributed by atoms with van der Waals surface area (Å²) in [6, 6.07) is 5.99. The number of halogens is 1. The van der Waals surface area contributed by atoms with E-state index >= 15 is 0 Å². The van der Waals surface area contributed by atoms with Gasteiger partial charge in [-0.25, -0.2) is 4.98 Å². The van der Waals surface area contributed by atoms with Crippen LogP contribution in [0.3, 0.4) is 0 Å². The number of aromatic nitrogens is 2. The summed E-state index contributed by atoms with van der Waals surface area (Å²) in [7, 11) is 0. The second-order valence-corrected chi connectivity index (χ2v) is 5.70. The Morgan fingerprint density at radius 3 is 3.16 bits per heavy atom. The van der Waals surface area contributed by atoms with E-state index in [0.29, 0.717) is 5.02 Å². The number of anilines is 1. The van der Waals surface area contributed by atoms with Crippen LogP contribution in [0.2, 0.25) is 5.02 Å². The lowest BCUT2D eigenvalue weighted by atomic mass is 10.0. The SMILES string of the molecule is Cc1nsc(NC2CCCOc3cc(Cl)ccc32)n1. The van der Waals surface area contributed by atoms with Crippen LogP contribution >= 0.6 is 23.1 Å². The Morgan fingerprint density at radius 2 is 2.37 bits per heavy atom. The van der Waals surface area contributed by atoms with Gasteiger partial charge in [0.15, 0.2) is 0 Å². The Balaban J connectivity index is 1.89. The topological polar surface area (TPSA) is 47.0 Å². The number of aryl methyl sites for hydroxylation is 1. The molecule has 1 aliphatic heterocycles. The molecular weight excluding hydrogens is 282 g/mol. The molecule has 0 saturated carbocycles. The van der Waals surface area contributed by atoms with Crippen LogP contribution in [0.1, 0.15) is 30.3 Å². The minimum atomic E-state index is 0.196. The highest BCUT2D eigenvalue weighted by atomic mass is 35.5. The van der Waals surface area contributed by atoms with Gasteiger partial charge in [-0.3, -0.25) is 0 Å². The number of ether oxygens (including phenoxy) is 1. The normalized spacial score (nSPS) is 18.3. The molecule has 4 nitrogen and oxygen atoms in total. The number of nitrogens with zero attached hydrogens (tertiary/aromatic N) is 2. The van der Waals surface area contributed by atoms with Gasteiger partial charge < -0.3 is 10.1 Å². The molecule has 3 rings (SSSR count). The monoisotopic (exact) mass is 295 g/mol. The van der Waals surface area contributed by atoms with Crippen LogP contribution in [-0.2, 0) is 0 Å². The van der Waals surface area contributed by atoms with Gasteiger partial charge in [-0.15, -0.1) is 0 Å². The van der Waals surface area contributed by atoms with Gasteiger partial charge in [0.25, 0.3) is 0 Å². The molecule has 1 atom stereocenters. The molecule has 6 heteroatoms. The molecule has 2 aromatic rings. The van der Waals surface area contributed by atoms with Crippen LogP contribution in [0.25, 0.3) is 0 Å². The maximum atomic E-state index is 6.02. The van der Waals surface area contributed by atoms with E-state index in [-0.39, 0.29) is 6.04 Å². The van der Waals surface area contributed by atoms with Crippen molar-refractivity contribution >= 4 is 28.3 Å². The van der Waals surface area contributed by atoms with Gasteiger partial charge in [-0.2, -0.15) is 4.37 Å². The highest BCUT2D eigenvalue weighted by molar-refractivity contribution is 7.09. The molecule has 0 aliphatic carbocycles. The lowest BCUT2D eigenvalue weighted by molar-refractivity contribution is 0.316. The van der Waals surface area contributed by atoms with Crippen molar-refractivity contribution < 1.29 is 4.74 Å². The molecule has 100 valence electrons. The lowest BCUT2D eigenvalue weighted by Crippen LogP contribution is -2.10. The van der Waals surface area contributed by atoms with Crippen LogP contribution in [0.5, 0.6) is 5.75 Å². The fraction of sp³-hybridized carbons (Fsp3) is 0.385. The smallest absolute Gasteiger partial charge is 0.203 e. The van der Waals surface area contributed by atoms with E-state index in [1.807, 2.05) is 25.1 Å². The quantitative estimate of drug-likeness (QED) is 0.915. The van der Waals surface area contributed by atoms with Crippen molar-refractivity contribution in [3.8, 4) is 5.75 Å². The highest BCUT2D eigenvalue weighted by Crippen LogP contribution is 2.35. The zero-order valence-corrected chi connectivity index (χ0v) is 12.1. The first-order valence-corrected chi connectivity index (χ1v) is 7.36. The molecule has 2 heterocycles. The van der Waals surface area contributed by atoms with Crippen molar-refractivity contribution in [1.29, 1.82) is 0 Å². The summed E-state index contributed by atoms with van der Waals surface area (Å²) in [4.78, 5) is 4.36. The first-order valence-electron chi connectivity index (χ1n) is 6.21. The maximum absolute atomic E-state index is 6.02. The Labute approximate surface area is 120 Å². The fourth-order valence-electron chi connectivity index (χ4n) is 2.20. The van der Waals surface area contributed by atoms with E-state index in [4.69, 9.17) is 16.3 Å². The zero-order valence-electron chi connectivity index (χ0n) is 10.5. The molecule has 1 N–H and O–H groups in total. The molecule has 0 bridgehead atoms. The van der Waals surface area contributed by atoms with E-state index in [1.165, 1.54) is 11.5 Å². The predicted octanol–water partition coefficient (Wildman–Crippen LogP) is 3.83. The van der Waals surface area contributed by atoms with Crippen LogP contribution in [-0.4, -0.2) is 16.0 Å². The van der Waals surface area contributed by atoms with Crippen molar-refractivity contribution in [3.63, 3.8) is 0 Å². The number of rotatable bonds is 2.